The molecule has 1 fully saturated rings. The highest BCUT2D eigenvalue weighted by Crippen LogP contribution is 2.20. The number of hydrogen-bond acceptors (Lipinski definition) is 2. The smallest absolute Gasteiger partial charge is 0.0423 e. The monoisotopic (exact) mass is 316 g/mol. The van der Waals surface area contributed by atoms with Crippen molar-refractivity contribution in [2.75, 3.05) is 19.6 Å². The Morgan fingerprint density at radius 2 is 1.71 bits per heavy atom. The molecule has 1 aromatic carbocycles. The van der Waals surface area contributed by atoms with Crippen molar-refractivity contribution in [2.45, 2.75) is 12.5 Å². The van der Waals surface area contributed by atoms with Crippen LogP contribution >= 0.6 is 48.0 Å². The summed E-state index contributed by atoms with van der Waals surface area (Å²) in [5, 5.41) is 8.23. The number of hydrogen-bond donors (Lipinski definition) is 2. The molecule has 1 heterocycles. The van der Waals surface area contributed by atoms with Crippen molar-refractivity contribution in [3.63, 3.8) is 0 Å². The highest BCUT2D eigenvalue weighted by Gasteiger charge is 2.12. The van der Waals surface area contributed by atoms with Crippen LogP contribution in [0.4, 0.5) is 0 Å². The third-order valence-corrected chi connectivity index (χ3v) is 2.97. The lowest BCUT2D eigenvalue weighted by atomic mass is 10.0. The van der Waals surface area contributed by atoms with Crippen LogP contribution in [-0.2, 0) is 6.42 Å². The van der Waals surface area contributed by atoms with Crippen LogP contribution in [0.15, 0.2) is 18.2 Å². The van der Waals surface area contributed by atoms with E-state index in [0.717, 1.165) is 26.1 Å². The molecule has 2 nitrogen and oxygen atoms in total. The summed E-state index contributed by atoms with van der Waals surface area (Å²) < 4.78 is 0. The zero-order chi connectivity index (χ0) is 10.7. The van der Waals surface area contributed by atoms with E-state index in [0.29, 0.717) is 16.1 Å². The van der Waals surface area contributed by atoms with Gasteiger partial charge in [-0.1, -0.05) is 23.2 Å². The molecule has 0 radical (unpaired) electrons. The van der Waals surface area contributed by atoms with E-state index < -0.39 is 0 Å². The van der Waals surface area contributed by atoms with Gasteiger partial charge >= 0.3 is 0 Å². The Kier molecular flexibility index (Phi) is 8.56. The average molecular weight is 318 g/mol. The first-order chi connectivity index (χ1) is 7.24. The van der Waals surface area contributed by atoms with Crippen molar-refractivity contribution in [3.8, 4) is 0 Å². The van der Waals surface area contributed by atoms with Gasteiger partial charge in [0.15, 0.2) is 0 Å². The predicted molar refractivity (Wildman–Crippen MR) is 79.3 cm³/mol. The van der Waals surface area contributed by atoms with Gasteiger partial charge in [0.1, 0.15) is 0 Å². The van der Waals surface area contributed by atoms with Crippen molar-refractivity contribution >= 4 is 48.0 Å². The number of rotatable bonds is 2. The summed E-state index contributed by atoms with van der Waals surface area (Å²) in [5.74, 6) is 0. The zero-order valence-corrected chi connectivity index (χ0v) is 12.4. The Bertz CT molecular complexity index is 320. The van der Waals surface area contributed by atoms with Gasteiger partial charge in [0.2, 0.25) is 0 Å². The molecule has 0 spiro atoms. The first-order valence-corrected chi connectivity index (χ1v) is 5.89. The fourth-order valence-electron chi connectivity index (χ4n) is 1.87. The Balaban J connectivity index is 0.00000128. The maximum absolute atomic E-state index is 5.95. The molecule has 0 aromatic heterocycles. The second-order valence-electron chi connectivity index (χ2n) is 3.84. The lowest BCUT2D eigenvalue weighted by Gasteiger charge is -2.24. The molecule has 0 amide bonds. The molecule has 1 aliphatic rings. The van der Waals surface area contributed by atoms with Crippen LogP contribution in [0.25, 0.3) is 0 Å². The third-order valence-electron chi connectivity index (χ3n) is 2.53. The minimum atomic E-state index is 0. The fraction of sp³-hybridized carbons (Fsp3) is 0.455. The van der Waals surface area contributed by atoms with Crippen LogP contribution < -0.4 is 10.6 Å². The number of nitrogens with one attached hydrogen (secondary N) is 2. The number of benzene rings is 1. The molecule has 1 aliphatic heterocycles. The van der Waals surface area contributed by atoms with Gasteiger partial charge in [-0.15, -0.1) is 24.8 Å². The molecule has 1 aromatic rings. The van der Waals surface area contributed by atoms with Gasteiger partial charge in [-0.05, 0) is 30.2 Å². The summed E-state index contributed by atoms with van der Waals surface area (Å²) in [6.07, 6.45) is 0.966. The molecule has 2 N–H and O–H groups in total. The van der Waals surface area contributed by atoms with Gasteiger partial charge in [0, 0.05) is 35.7 Å². The summed E-state index contributed by atoms with van der Waals surface area (Å²) in [7, 11) is 0. The van der Waals surface area contributed by atoms with Crippen molar-refractivity contribution in [1.29, 1.82) is 0 Å². The summed E-state index contributed by atoms with van der Waals surface area (Å²) in [5.41, 5.74) is 1.19. The molecule has 0 bridgehead atoms. The predicted octanol–water partition coefficient (Wildman–Crippen LogP) is 2.94. The van der Waals surface area contributed by atoms with E-state index in [4.69, 9.17) is 23.2 Å². The highest BCUT2D eigenvalue weighted by molar-refractivity contribution is 6.34. The summed E-state index contributed by atoms with van der Waals surface area (Å²) >= 11 is 11.9. The SMILES string of the molecule is Cl.Cl.Clc1cc(Cl)cc(CC2CNCCN2)c1. The molecule has 0 aliphatic carbocycles. The lowest BCUT2D eigenvalue weighted by molar-refractivity contribution is 0.416. The van der Waals surface area contributed by atoms with E-state index in [1.54, 1.807) is 6.07 Å². The Hall–Kier alpha value is 0.300. The second kappa shape index (κ2) is 8.41. The fourth-order valence-corrected chi connectivity index (χ4v) is 2.44. The number of halogens is 4. The summed E-state index contributed by atoms with van der Waals surface area (Å²) in [4.78, 5) is 0. The standard InChI is InChI=1S/C11H14Cl2N2.2ClH/c12-9-3-8(4-10(13)6-9)5-11-7-14-1-2-15-11;;/h3-4,6,11,14-15H,1-2,5,7H2;2*1H. The molecule has 0 saturated carbocycles. The molecule has 1 saturated heterocycles. The van der Waals surface area contributed by atoms with Gasteiger partial charge in [-0.25, -0.2) is 0 Å². The summed E-state index contributed by atoms with van der Waals surface area (Å²) in [6, 6.07) is 6.19. The van der Waals surface area contributed by atoms with Crippen molar-refractivity contribution < 1.29 is 0 Å². The molecule has 1 unspecified atom stereocenters. The maximum atomic E-state index is 5.95. The topological polar surface area (TPSA) is 24.1 Å². The van der Waals surface area contributed by atoms with Gasteiger partial charge in [-0.2, -0.15) is 0 Å². The third kappa shape index (κ3) is 5.64. The minimum Gasteiger partial charge on any atom is -0.314 e. The maximum Gasteiger partial charge on any atom is 0.0423 e. The van der Waals surface area contributed by atoms with Crippen molar-refractivity contribution in [3.05, 3.63) is 33.8 Å². The average Bonchev–Trinajstić information content (AvgIpc) is 2.17. The Morgan fingerprint density at radius 3 is 2.24 bits per heavy atom. The molecule has 2 rings (SSSR count). The first kappa shape index (κ1) is 17.3. The molecule has 1 atom stereocenters. The Morgan fingerprint density at radius 1 is 1.06 bits per heavy atom. The van der Waals surface area contributed by atoms with Gasteiger partial charge in [0.05, 0.1) is 0 Å². The van der Waals surface area contributed by atoms with Gasteiger partial charge < -0.3 is 10.6 Å². The molecular formula is C11H16Cl4N2. The van der Waals surface area contributed by atoms with Crippen LogP contribution in [0.3, 0.4) is 0 Å². The van der Waals surface area contributed by atoms with E-state index >= 15 is 0 Å². The van der Waals surface area contributed by atoms with Crippen molar-refractivity contribution in [2.24, 2.45) is 0 Å². The minimum absolute atomic E-state index is 0. The summed E-state index contributed by atoms with van der Waals surface area (Å²) in [6.45, 7) is 3.08. The first-order valence-electron chi connectivity index (χ1n) is 5.13. The van der Waals surface area contributed by atoms with Gasteiger partial charge in [0.25, 0.3) is 0 Å². The van der Waals surface area contributed by atoms with Crippen LogP contribution in [-0.4, -0.2) is 25.7 Å². The highest BCUT2D eigenvalue weighted by atomic mass is 35.5. The van der Waals surface area contributed by atoms with Crippen LogP contribution in [0.5, 0.6) is 0 Å². The lowest BCUT2D eigenvalue weighted by Crippen LogP contribution is -2.49. The normalized spacial score (nSPS) is 19.1. The zero-order valence-electron chi connectivity index (χ0n) is 9.21. The Labute approximate surface area is 124 Å². The van der Waals surface area contributed by atoms with Crippen LogP contribution in [0, 0.1) is 0 Å². The second-order valence-corrected chi connectivity index (χ2v) is 4.71. The van der Waals surface area contributed by atoms with E-state index in [-0.39, 0.29) is 24.8 Å². The van der Waals surface area contributed by atoms with E-state index in [1.165, 1.54) is 5.56 Å². The van der Waals surface area contributed by atoms with Crippen LogP contribution in [0.1, 0.15) is 5.56 Å². The van der Waals surface area contributed by atoms with E-state index in [9.17, 15) is 0 Å². The molecule has 6 heteroatoms. The molecule has 17 heavy (non-hydrogen) atoms. The van der Waals surface area contributed by atoms with Crippen LogP contribution in [0.2, 0.25) is 10.0 Å². The number of piperazine rings is 1. The van der Waals surface area contributed by atoms with E-state index in [2.05, 4.69) is 10.6 Å². The van der Waals surface area contributed by atoms with Gasteiger partial charge in [-0.3, -0.25) is 0 Å². The van der Waals surface area contributed by atoms with Crippen molar-refractivity contribution in [1.82, 2.24) is 10.6 Å². The van der Waals surface area contributed by atoms with E-state index in [1.807, 2.05) is 12.1 Å². The quantitative estimate of drug-likeness (QED) is 0.876. The molecular weight excluding hydrogens is 302 g/mol. The molecule has 98 valence electrons. The largest absolute Gasteiger partial charge is 0.314 e.